The first-order chi connectivity index (χ1) is 14.5. The normalized spacial score (nSPS) is 11.4. The van der Waals surface area contributed by atoms with Crippen LogP contribution in [0.25, 0.3) is 33.9 Å². The number of benzene rings is 2. The maximum atomic E-state index is 11.4. The van der Waals surface area contributed by atoms with Gasteiger partial charge in [-0.3, -0.25) is 4.79 Å². The molecule has 0 spiro atoms. The van der Waals surface area contributed by atoms with Crippen LogP contribution in [0.5, 0.6) is 0 Å². The van der Waals surface area contributed by atoms with Crippen molar-refractivity contribution in [3.8, 4) is 22.9 Å². The maximum absolute atomic E-state index is 11.4. The van der Waals surface area contributed by atoms with E-state index in [0.717, 1.165) is 22.2 Å². The van der Waals surface area contributed by atoms with E-state index in [1.807, 2.05) is 47.2 Å². The molecule has 0 atom stereocenters. The summed E-state index contributed by atoms with van der Waals surface area (Å²) in [6.07, 6.45) is 4.77. The number of aromatic nitrogens is 3. The summed E-state index contributed by atoms with van der Waals surface area (Å²) in [5, 5.41) is 10.5. The molecule has 4 N–H and O–H groups in total. The SMILES string of the molecule is N#CC(=Cc1cccc(-n2cc(-c3ccc(Cl)cc3)c3c(N)ncnc32)c1)C(N)=O. The zero-order valence-electron chi connectivity index (χ0n) is 15.6. The fourth-order valence-electron chi connectivity index (χ4n) is 3.22. The second kappa shape index (κ2) is 7.70. The second-order valence-corrected chi connectivity index (χ2v) is 6.94. The fourth-order valence-corrected chi connectivity index (χ4v) is 3.35. The van der Waals surface area contributed by atoms with Crippen LogP contribution in [0.15, 0.2) is 66.6 Å². The van der Waals surface area contributed by atoms with Crippen LogP contribution in [0.4, 0.5) is 5.82 Å². The zero-order chi connectivity index (χ0) is 21.3. The largest absolute Gasteiger partial charge is 0.383 e. The van der Waals surface area contributed by atoms with Crippen molar-refractivity contribution in [3.05, 3.63) is 77.2 Å². The van der Waals surface area contributed by atoms with Crippen LogP contribution in [0, 0.1) is 11.3 Å². The summed E-state index contributed by atoms with van der Waals surface area (Å²) in [4.78, 5) is 19.9. The molecule has 0 bridgehead atoms. The van der Waals surface area contributed by atoms with Crippen molar-refractivity contribution < 1.29 is 4.79 Å². The van der Waals surface area contributed by atoms with Crippen LogP contribution in [0.2, 0.25) is 5.02 Å². The average molecular weight is 415 g/mol. The van der Waals surface area contributed by atoms with Crippen molar-refractivity contribution in [2.75, 3.05) is 5.73 Å². The van der Waals surface area contributed by atoms with Gasteiger partial charge in [0, 0.05) is 22.5 Å². The number of fused-ring (bicyclic) bond motifs is 1. The molecule has 2 aromatic heterocycles. The standard InChI is InChI=1S/C22H15ClN6O/c23-16-6-4-14(5-7-16)18-11-29(22-19(18)20(25)27-12-28-22)17-3-1-2-13(9-17)8-15(10-24)21(26)30/h1-9,11-12H,(H2,26,30)(H2,25,27,28). The fraction of sp³-hybridized carbons (Fsp3) is 0. The van der Waals surface area contributed by atoms with E-state index < -0.39 is 5.91 Å². The Morgan fingerprint density at radius 1 is 1.17 bits per heavy atom. The molecular formula is C22H15ClN6O. The third kappa shape index (κ3) is 3.48. The number of primary amides is 1. The number of nitriles is 1. The van der Waals surface area contributed by atoms with E-state index in [1.54, 1.807) is 18.2 Å². The Hall–Kier alpha value is -4.15. The van der Waals surface area contributed by atoms with Crippen LogP contribution in [-0.4, -0.2) is 20.4 Å². The summed E-state index contributed by atoms with van der Waals surface area (Å²) in [5.41, 5.74) is 15.1. The molecule has 0 radical (unpaired) electrons. The van der Waals surface area contributed by atoms with Gasteiger partial charge in [-0.25, -0.2) is 9.97 Å². The minimum Gasteiger partial charge on any atom is -0.383 e. The average Bonchev–Trinajstić information content (AvgIpc) is 3.13. The van der Waals surface area contributed by atoms with E-state index in [9.17, 15) is 4.79 Å². The van der Waals surface area contributed by atoms with Crippen LogP contribution >= 0.6 is 11.6 Å². The van der Waals surface area contributed by atoms with Gasteiger partial charge in [0.2, 0.25) is 0 Å². The number of carbonyl (C=O) groups excluding carboxylic acids is 1. The van der Waals surface area contributed by atoms with Crippen LogP contribution in [-0.2, 0) is 4.79 Å². The Morgan fingerprint density at radius 3 is 2.63 bits per heavy atom. The van der Waals surface area contributed by atoms with E-state index in [-0.39, 0.29) is 5.57 Å². The van der Waals surface area contributed by atoms with E-state index in [0.29, 0.717) is 22.1 Å². The maximum Gasteiger partial charge on any atom is 0.259 e. The van der Waals surface area contributed by atoms with Gasteiger partial charge >= 0.3 is 0 Å². The molecule has 0 saturated heterocycles. The molecule has 4 rings (SSSR count). The Balaban J connectivity index is 1.92. The van der Waals surface area contributed by atoms with Crippen molar-refractivity contribution >= 4 is 40.4 Å². The second-order valence-electron chi connectivity index (χ2n) is 6.51. The highest BCUT2D eigenvalue weighted by Gasteiger charge is 2.16. The number of nitrogen functional groups attached to an aromatic ring is 1. The van der Waals surface area contributed by atoms with Gasteiger partial charge in [0.05, 0.1) is 5.39 Å². The lowest BCUT2D eigenvalue weighted by molar-refractivity contribution is -0.114. The number of hydrogen-bond donors (Lipinski definition) is 2. The third-order valence-corrected chi connectivity index (χ3v) is 4.86. The van der Waals surface area contributed by atoms with Gasteiger partial charge < -0.3 is 16.0 Å². The first-order valence-corrected chi connectivity index (χ1v) is 9.25. The molecule has 8 heteroatoms. The highest BCUT2D eigenvalue weighted by molar-refractivity contribution is 6.30. The number of carbonyl (C=O) groups is 1. The molecule has 2 aromatic carbocycles. The molecule has 0 unspecified atom stereocenters. The van der Waals surface area contributed by atoms with Gasteiger partial charge in [-0.05, 0) is 41.5 Å². The summed E-state index contributed by atoms with van der Waals surface area (Å²) in [5.74, 6) is -0.417. The van der Waals surface area contributed by atoms with Gasteiger partial charge in [0.15, 0.2) is 5.65 Å². The molecule has 0 aliphatic rings. The quantitative estimate of drug-likeness (QED) is 0.389. The van der Waals surface area contributed by atoms with Crippen LogP contribution in [0.1, 0.15) is 5.56 Å². The van der Waals surface area contributed by atoms with Gasteiger partial charge in [-0.1, -0.05) is 35.9 Å². The molecule has 4 aromatic rings. The number of hydrogen-bond acceptors (Lipinski definition) is 5. The van der Waals surface area contributed by atoms with E-state index >= 15 is 0 Å². The summed E-state index contributed by atoms with van der Waals surface area (Å²) in [6.45, 7) is 0. The number of halogens is 1. The van der Waals surface area contributed by atoms with Crippen molar-refractivity contribution in [1.29, 1.82) is 5.26 Å². The van der Waals surface area contributed by atoms with Gasteiger partial charge in [0.25, 0.3) is 5.91 Å². The molecule has 146 valence electrons. The predicted molar refractivity (Wildman–Crippen MR) is 117 cm³/mol. The van der Waals surface area contributed by atoms with Crippen LogP contribution < -0.4 is 11.5 Å². The predicted octanol–water partition coefficient (Wildman–Crippen LogP) is 3.72. The topological polar surface area (TPSA) is 124 Å². The summed E-state index contributed by atoms with van der Waals surface area (Å²) < 4.78 is 1.88. The van der Waals surface area contributed by atoms with Crippen molar-refractivity contribution in [2.45, 2.75) is 0 Å². The number of rotatable bonds is 4. The van der Waals surface area contributed by atoms with Gasteiger partial charge in [-0.2, -0.15) is 5.26 Å². The van der Waals surface area contributed by atoms with Gasteiger partial charge in [0.1, 0.15) is 23.8 Å². The molecular weight excluding hydrogens is 400 g/mol. The molecule has 1 amide bonds. The zero-order valence-corrected chi connectivity index (χ0v) is 16.3. The van der Waals surface area contributed by atoms with E-state index in [4.69, 9.17) is 28.3 Å². The monoisotopic (exact) mass is 414 g/mol. The Bertz CT molecular complexity index is 1350. The number of amides is 1. The highest BCUT2D eigenvalue weighted by atomic mass is 35.5. The molecule has 30 heavy (non-hydrogen) atoms. The summed E-state index contributed by atoms with van der Waals surface area (Å²) in [7, 11) is 0. The van der Waals surface area contributed by atoms with Gasteiger partial charge in [-0.15, -0.1) is 0 Å². The molecule has 0 saturated carbocycles. The molecule has 7 nitrogen and oxygen atoms in total. The highest BCUT2D eigenvalue weighted by Crippen LogP contribution is 2.34. The first kappa shape index (κ1) is 19.2. The number of nitrogens with zero attached hydrogens (tertiary/aromatic N) is 4. The summed E-state index contributed by atoms with van der Waals surface area (Å²) >= 11 is 6.03. The Morgan fingerprint density at radius 2 is 1.93 bits per heavy atom. The molecule has 0 aliphatic heterocycles. The van der Waals surface area contributed by atoms with E-state index in [2.05, 4.69) is 9.97 Å². The lowest BCUT2D eigenvalue weighted by Gasteiger charge is -2.06. The minimum absolute atomic E-state index is 0.127. The lowest BCUT2D eigenvalue weighted by Crippen LogP contribution is -2.12. The number of anilines is 1. The molecule has 0 fully saturated rings. The Kier molecular flexibility index (Phi) is 4.92. The summed E-state index contributed by atoms with van der Waals surface area (Å²) in [6, 6.07) is 16.5. The van der Waals surface area contributed by atoms with Crippen molar-refractivity contribution in [1.82, 2.24) is 14.5 Å². The Labute approximate surface area is 176 Å². The molecule has 0 aliphatic carbocycles. The van der Waals surface area contributed by atoms with E-state index in [1.165, 1.54) is 12.4 Å². The van der Waals surface area contributed by atoms with Crippen molar-refractivity contribution in [3.63, 3.8) is 0 Å². The third-order valence-electron chi connectivity index (χ3n) is 4.61. The van der Waals surface area contributed by atoms with Crippen LogP contribution in [0.3, 0.4) is 0 Å². The minimum atomic E-state index is -0.778. The number of nitrogens with two attached hydrogens (primary N) is 2. The first-order valence-electron chi connectivity index (χ1n) is 8.87. The molecule has 2 heterocycles. The van der Waals surface area contributed by atoms with Crippen molar-refractivity contribution in [2.24, 2.45) is 5.73 Å². The smallest absolute Gasteiger partial charge is 0.259 e. The lowest BCUT2D eigenvalue weighted by atomic mass is 10.1.